The maximum atomic E-state index is 11.3. The summed E-state index contributed by atoms with van der Waals surface area (Å²) in [6.07, 6.45) is 3.09. The zero-order valence-corrected chi connectivity index (χ0v) is 13.3. The van der Waals surface area contributed by atoms with Gasteiger partial charge < -0.3 is 14.6 Å². The van der Waals surface area contributed by atoms with E-state index in [1.807, 2.05) is 6.92 Å². The molecule has 0 rings (SSSR count). The van der Waals surface area contributed by atoms with Crippen molar-refractivity contribution in [1.82, 2.24) is 0 Å². The van der Waals surface area contributed by atoms with Crippen molar-refractivity contribution < 1.29 is 24.2 Å². The number of unbranched alkanes of at least 4 members (excludes halogenated alkanes) is 2. The predicted molar refractivity (Wildman–Crippen MR) is 75.9 cm³/mol. The molecular weight excluding hydrogens is 264 g/mol. The molecule has 0 aliphatic rings. The lowest BCUT2D eigenvalue weighted by Gasteiger charge is -2.24. The number of carbonyl (C=O) groups is 2. The summed E-state index contributed by atoms with van der Waals surface area (Å²) in [6.45, 7) is 6.67. The van der Waals surface area contributed by atoms with Crippen LogP contribution in [0.1, 0.15) is 45.4 Å². The lowest BCUT2D eigenvalue weighted by atomic mass is 9.78. The highest BCUT2D eigenvalue weighted by molar-refractivity contribution is 6.48. The first-order chi connectivity index (χ1) is 8.86. The molecule has 0 unspecified atom stereocenters. The van der Waals surface area contributed by atoms with Crippen molar-refractivity contribution in [2.75, 3.05) is 6.61 Å². The van der Waals surface area contributed by atoms with Crippen molar-refractivity contribution in [1.29, 1.82) is 0 Å². The number of hydrogen-bond acceptors (Lipinski definition) is 3. The van der Waals surface area contributed by atoms with E-state index in [0.717, 1.165) is 12.8 Å². The van der Waals surface area contributed by atoms with Crippen LogP contribution in [-0.2, 0) is 14.0 Å². The van der Waals surface area contributed by atoms with Gasteiger partial charge in [-0.25, -0.2) is 0 Å². The maximum absolute atomic E-state index is 11.3. The minimum Gasteiger partial charge on any atom is -0.480 e. The Morgan fingerprint density at radius 1 is 1.05 bits per heavy atom. The first kappa shape index (κ1) is 18.1. The first-order valence-electron chi connectivity index (χ1n) is 6.95. The van der Waals surface area contributed by atoms with Gasteiger partial charge in [0.05, 0.1) is 0 Å². The van der Waals surface area contributed by atoms with Crippen molar-refractivity contribution in [2.45, 2.75) is 58.5 Å². The van der Waals surface area contributed by atoms with Crippen molar-refractivity contribution in [3.63, 3.8) is 0 Å². The van der Waals surface area contributed by atoms with Crippen LogP contribution < -0.4 is 0 Å². The highest BCUT2D eigenvalue weighted by atomic mass is 28.3. The molecule has 0 saturated carbocycles. The third-order valence-corrected chi connectivity index (χ3v) is 4.13. The minimum absolute atomic E-state index is 0.181. The molecule has 0 fully saturated rings. The monoisotopic (exact) mass is 290 g/mol. The van der Waals surface area contributed by atoms with Crippen molar-refractivity contribution >= 4 is 21.0 Å². The summed E-state index contributed by atoms with van der Waals surface area (Å²) in [7, 11) is -1.05. The van der Waals surface area contributed by atoms with E-state index in [0.29, 0.717) is 19.4 Å². The van der Waals surface area contributed by atoms with Crippen LogP contribution in [0.5, 0.6) is 0 Å². The zero-order valence-electron chi connectivity index (χ0n) is 12.1. The van der Waals surface area contributed by atoms with Gasteiger partial charge >= 0.3 is 11.9 Å². The van der Waals surface area contributed by atoms with Gasteiger partial charge in [0.1, 0.15) is 0 Å². The van der Waals surface area contributed by atoms with Crippen molar-refractivity contribution in [2.24, 2.45) is 5.41 Å². The Labute approximate surface area is 116 Å². The third-order valence-electron chi connectivity index (χ3n) is 3.22. The van der Waals surface area contributed by atoms with Gasteiger partial charge in [-0.05, 0) is 38.8 Å². The van der Waals surface area contributed by atoms with Crippen LogP contribution in [-0.4, -0.2) is 37.8 Å². The molecule has 2 N–H and O–H groups in total. The average molecular weight is 290 g/mol. The van der Waals surface area contributed by atoms with Gasteiger partial charge in [-0.2, -0.15) is 0 Å². The molecule has 6 heteroatoms. The molecule has 0 amide bonds. The van der Waals surface area contributed by atoms with Crippen molar-refractivity contribution in [3.8, 4) is 0 Å². The molecule has 0 aromatic carbocycles. The molecule has 0 bridgehead atoms. The number of aliphatic carboxylic acids is 2. The van der Waals surface area contributed by atoms with Gasteiger partial charge in [-0.3, -0.25) is 9.59 Å². The highest BCUT2D eigenvalue weighted by Gasteiger charge is 2.45. The predicted octanol–water partition coefficient (Wildman–Crippen LogP) is 2.50. The van der Waals surface area contributed by atoms with Crippen LogP contribution in [0, 0.1) is 5.41 Å². The summed E-state index contributed by atoms with van der Waals surface area (Å²) < 4.78 is 5.50. The summed E-state index contributed by atoms with van der Waals surface area (Å²) in [5.41, 5.74) is -1.62. The van der Waals surface area contributed by atoms with E-state index in [2.05, 4.69) is 13.1 Å². The largest absolute Gasteiger partial charge is 0.480 e. The summed E-state index contributed by atoms with van der Waals surface area (Å²) in [4.78, 5) is 22.7. The summed E-state index contributed by atoms with van der Waals surface area (Å²) in [5.74, 6) is -2.43. The molecule has 5 nitrogen and oxygen atoms in total. The SMILES string of the molecule is CCCCC(CCCCO[SiH](C)C)(C(=O)O)C(=O)O. The average Bonchev–Trinajstić information content (AvgIpc) is 2.31. The maximum Gasteiger partial charge on any atom is 0.321 e. The van der Waals surface area contributed by atoms with Gasteiger partial charge in [0.25, 0.3) is 0 Å². The molecule has 0 heterocycles. The summed E-state index contributed by atoms with van der Waals surface area (Å²) in [6, 6.07) is 0. The van der Waals surface area contributed by atoms with Crippen LogP contribution in [0.15, 0.2) is 0 Å². The van der Waals surface area contributed by atoms with E-state index in [1.54, 1.807) is 0 Å². The molecule has 0 aromatic rings. The number of carboxylic acid groups (broad SMARTS) is 2. The smallest absolute Gasteiger partial charge is 0.321 e. The second-order valence-electron chi connectivity index (χ2n) is 5.17. The Balaban J connectivity index is 4.41. The van der Waals surface area contributed by atoms with Gasteiger partial charge in [-0.15, -0.1) is 0 Å². The minimum atomic E-state index is -1.62. The fourth-order valence-corrected chi connectivity index (χ4v) is 2.61. The Morgan fingerprint density at radius 3 is 2.00 bits per heavy atom. The zero-order chi connectivity index (χ0) is 14.9. The Hall–Kier alpha value is -0.883. The quantitative estimate of drug-likeness (QED) is 0.347. The summed E-state index contributed by atoms with van der Waals surface area (Å²) in [5, 5.41) is 18.5. The number of hydrogen-bond donors (Lipinski definition) is 2. The third kappa shape index (κ3) is 6.20. The van der Waals surface area contributed by atoms with E-state index >= 15 is 0 Å². The molecule has 0 aliphatic carbocycles. The second kappa shape index (κ2) is 9.09. The molecular formula is C13H26O5Si. The highest BCUT2D eigenvalue weighted by Crippen LogP contribution is 2.32. The molecule has 0 atom stereocenters. The van der Waals surface area contributed by atoms with Crippen LogP contribution >= 0.6 is 0 Å². The van der Waals surface area contributed by atoms with Gasteiger partial charge in [-0.1, -0.05) is 19.8 Å². The van der Waals surface area contributed by atoms with E-state index in [-0.39, 0.29) is 12.8 Å². The molecule has 0 saturated heterocycles. The topological polar surface area (TPSA) is 83.8 Å². The van der Waals surface area contributed by atoms with Crippen LogP contribution in [0.4, 0.5) is 0 Å². The Kier molecular flexibility index (Phi) is 8.67. The van der Waals surface area contributed by atoms with Gasteiger partial charge in [0, 0.05) is 6.61 Å². The normalized spacial score (nSPS) is 11.8. The van der Waals surface area contributed by atoms with E-state index in [1.165, 1.54) is 0 Å². The van der Waals surface area contributed by atoms with Gasteiger partial charge in [0.2, 0.25) is 0 Å². The lowest BCUT2D eigenvalue weighted by Crippen LogP contribution is -2.39. The number of rotatable bonds is 11. The molecule has 0 radical (unpaired) electrons. The standard InChI is InChI=1S/C13H26O5Si/c1-4-5-8-13(11(14)15,12(16)17)9-6-7-10-18-19(2)3/h19H,4-10H2,1-3H3,(H,14,15)(H,16,17). The summed E-state index contributed by atoms with van der Waals surface area (Å²) >= 11 is 0. The number of carboxylic acids is 2. The molecule has 19 heavy (non-hydrogen) atoms. The first-order valence-corrected chi connectivity index (χ1v) is 9.73. The lowest BCUT2D eigenvalue weighted by molar-refractivity contribution is -0.166. The Bertz CT molecular complexity index is 277. The van der Waals surface area contributed by atoms with E-state index < -0.39 is 26.4 Å². The molecule has 112 valence electrons. The van der Waals surface area contributed by atoms with Crippen LogP contribution in [0.25, 0.3) is 0 Å². The van der Waals surface area contributed by atoms with Gasteiger partial charge in [0.15, 0.2) is 14.5 Å². The van der Waals surface area contributed by atoms with Crippen molar-refractivity contribution in [3.05, 3.63) is 0 Å². The fraction of sp³-hybridized carbons (Fsp3) is 0.846. The van der Waals surface area contributed by atoms with Crippen LogP contribution in [0.2, 0.25) is 13.1 Å². The van der Waals surface area contributed by atoms with E-state index in [4.69, 9.17) is 4.43 Å². The Morgan fingerprint density at radius 2 is 1.58 bits per heavy atom. The van der Waals surface area contributed by atoms with Crippen LogP contribution in [0.3, 0.4) is 0 Å². The second-order valence-corrected chi connectivity index (χ2v) is 7.60. The fourth-order valence-electron chi connectivity index (χ4n) is 1.97. The van der Waals surface area contributed by atoms with E-state index in [9.17, 15) is 19.8 Å². The molecule has 0 aromatic heterocycles. The molecule has 0 spiro atoms. The molecule has 0 aliphatic heterocycles.